The minimum atomic E-state index is -4.11. The predicted molar refractivity (Wildman–Crippen MR) is 75.9 cm³/mol. The zero-order chi connectivity index (χ0) is 16.3. The number of nitrogens with zero attached hydrogens (tertiary/aromatic N) is 2. The van der Waals surface area contributed by atoms with Crippen LogP contribution in [0.4, 0.5) is 13.2 Å². The largest absolute Gasteiger partial charge is 0.391 e. The number of Topliss-reactive ketones (excluding diaryl/α,β-unsaturated/α-hetero) is 1. The van der Waals surface area contributed by atoms with Crippen molar-refractivity contribution in [3.8, 4) is 0 Å². The quantitative estimate of drug-likeness (QED) is 0.801. The lowest BCUT2D eigenvalue weighted by molar-refractivity contribution is -0.185. The second-order valence-electron chi connectivity index (χ2n) is 5.63. The molecule has 0 unspecified atom stereocenters. The molecular weight excluding hydrogens is 297 g/mol. The summed E-state index contributed by atoms with van der Waals surface area (Å²) in [6, 6.07) is 3.12. The molecule has 122 valence electrons. The average molecular weight is 316 g/mol. The van der Waals surface area contributed by atoms with Gasteiger partial charge in [0, 0.05) is 19.3 Å². The number of aromatic nitrogens is 1. The van der Waals surface area contributed by atoms with E-state index in [-0.39, 0.29) is 29.7 Å². The van der Waals surface area contributed by atoms with Crippen LogP contribution in [-0.4, -0.2) is 41.1 Å². The van der Waals surface area contributed by atoms with Crippen molar-refractivity contribution in [3.63, 3.8) is 0 Å². The molecule has 0 radical (unpaired) electrons. The van der Waals surface area contributed by atoms with Gasteiger partial charge in [-0.3, -0.25) is 9.59 Å². The van der Waals surface area contributed by atoms with Crippen molar-refractivity contribution in [2.75, 3.05) is 19.6 Å². The first-order valence-electron chi connectivity index (χ1n) is 7.28. The Kier molecular flexibility index (Phi) is 5.05. The lowest BCUT2D eigenvalue weighted by atomic mass is 9.96. The summed E-state index contributed by atoms with van der Waals surface area (Å²) < 4.78 is 39.2. The zero-order valence-corrected chi connectivity index (χ0v) is 12.4. The van der Waals surface area contributed by atoms with Gasteiger partial charge in [0.1, 0.15) is 0 Å². The van der Waals surface area contributed by atoms with Gasteiger partial charge in [-0.15, -0.1) is 0 Å². The van der Waals surface area contributed by atoms with Gasteiger partial charge < -0.3 is 9.47 Å². The molecule has 0 spiro atoms. The summed E-state index contributed by atoms with van der Waals surface area (Å²) in [6.45, 7) is 2.97. The maximum Gasteiger partial charge on any atom is 0.391 e. The van der Waals surface area contributed by atoms with E-state index in [4.69, 9.17) is 0 Å². The highest BCUT2D eigenvalue weighted by Crippen LogP contribution is 2.33. The number of alkyl halides is 3. The highest BCUT2D eigenvalue weighted by molar-refractivity contribution is 5.93. The molecule has 1 fully saturated rings. The molecule has 0 aromatic carbocycles. The predicted octanol–water partition coefficient (Wildman–Crippen LogP) is 2.33. The van der Waals surface area contributed by atoms with Crippen molar-refractivity contribution in [1.82, 2.24) is 9.47 Å². The number of carbonyl (C=O) groups is 1. The molecule has 0 atom stereocenters. The van der Waals surface area contributed by atoms with Gasteiger partial charge in [-0.05, 0) is 45.0 Å². The van der Waals surface area contributed by atoms with E-state index in [0.717, 1.165) is 0 Å². The number of ketones is 1. The number of hydrogen-bond donors (Lipinski definition) is 0. The highest BCUT2D eigenvalue weighted by Gasteiger charge is 2.40. The van der Waals surface area contributed by atoms with Gasteiger partial charge in [-0.25, -0.2) is 0 Å². The molecule has 4 nitrogen and oxygen atoms in total. The summed E-state index contributed by atoms with van der Waals surface area (Å²) in [4.78, 5) is 25.3. The number of pyridine rings is 1. The maximum atomic E-state index is 12.6. The summed E-state index contributed by atoms with van der Waals surface area (Å²) in [5, 5.41) is 0. The van der Waals surface area contributed by atoms with Gasteiger partial charge in [0.15, 0.2) is 5.78 Å². The fourth-order valence-corrected chi connectivity index (χ4v) is 2.71. The van der Waals surface area contributed by atoms with E-state index in [2.05, 4.69) is 0 Å². The Bertz CT molecular complexity index is 587. The van der Waals surface area contributed by atoms with Gasteiger partial charge in [-0.1, -0.05) is 0 Å². The van der Waals surface area contributed by atoms with E-state index in [1.807, 2.05) is 4.90 Å². The molecule has 1 aliphatic rings. The topological polar surface area (TPSA) is 42.3 Å². The third-order valence-corrected chi connectivity index (χ3v) is 4.11. The average Bonchev–Trinajstić information content (AvgIpc) is 2.45. The molecule has 1 saturated heterocycles. The van der Waals surface area contributed by atoms with Gasteiger partial charge in [0.05, 0.1) is 11.5 Å². The zero-order valence-electron chi connectivity index (χ0n) is 12.4. The SMILES string of the molecule is CC(=O)c1cccn(CCN2CCC(C(F)(F)F)CC2)c1=O. The molecule has 1 aliphatic heterocycles. The van der Waals surface area contributed by atoms with E-state index in [0.29, 0.717) is 26.2 Å². The van der Waals surface area contributed by atoms with Crippen LogP contribution in [0.1, 0.15) is 30.1 Å². The van der Waals surface area contributed by atoms with Crippen LogP contribution in [0.15, 0.2) is 23.1 Å². The molecule has 1 aromatic heterocycles. The van der Waals surface area contributed by atoms with Crippen LogP contribution >= 0.6 is 0 Å². The molecule has 0 N–H and O–H groups in total. The van der Waals surface area contributed by atoms with E-state index in [9.17, 15) is 22.8 Å². The summed E-state index contributed by atoms with van der Waals surface area (Å²) in [5.41, 5.74) is -0.210. The fraction of sp³-hybridized carbons (Fsp3) is 0.600. The lowest BCUT2D eigenvalue weighted by Crippen LogP contribution is -2.41. The van der Waals surface area contributed by atoms with E-state index in [1.54, 1.807) is 12.3 Å². The number of halogens is 3. The normalized spacial score (nSPS) is 17.6. The summed E-state index contributed by atoms with van der Waals surface area (Å²) >= 11 is 0. The first-order valence-corrected chi connectivity index (χ1v) is 7.28. The molecular formula is C15H19F3N2O2. The van der Waals surface area contributed by atoms with Crippen molar-refractivity contribution >= 4 is 5.78 Å². The number of piperidine rings is 1. The van der Waals surface area contributed by atoms with Gasteiger partial charge in [-0.2, -0.15) is 13.2 Å². The maximum absolute atomic E-state index is 12.6. The van der Waals surface area contributed by atoms with Crippen molar-refractivity contribution < 1.29 is 18.0 Å². The first-order chi connectivity index (χ1) is 10.3. The second-order valence-corrected chi connectivity index (χ2v) is 5.63. The minimum absolute atomic E-state index is 0.103. The summed E-state index contributed by atoms with van der Waals surface area (Å²) in [6.07, 6.45) is -2.31. The summed E-state index contributed by atoms with van der Waals surface area (Å²) in [7, 11) is 0. The van der Waals surface area contributed by atoms with Crippen molar-refractivity contribution in [2.45, 2.75) is 32.5 Å². The highest BCUT2D eigenvalue weighted by atomic mass is 19.4. The number of rotatable bonds is 4. The van der Waals surface area contributed by atoms with E-state index < -0.39 is 12.1 Å². The number of carbonyl (C=O) groups excluding carboxylic acids is 1. The van der Waals surface area contributed by atoms with Crippen LogP contribution in [0.3, 0.4) is 0 Å². The molecule has 0 aliphatic carbocycles. The monoisotopic (exact) mass is 316 g/mol. The van der Waals surface area contributed by atoms with Crippen molar-refractivity contribution in [3.05, 3.63) is 34.2 Å². The number of hydrogen-bond acceptors (Lipinski definition) is 3. The fourth-order valence-electron chi connectivity index (χ4n) is 2.71. The number of likely N-dealkylation sites (tertiary alicyclic amines) is 1. The van der Waals surface area contributed by atoms with Crippen LogP contribution in [0.2, 0.25) is 0 Å². The van der Waals surface area contributed by atoms with Crippen molar-refractivity contribution in [1.29, 1.82) is 0 Å². The Hall–Kier alpha value is -1.63. The Morgan fingerprint density at radius 2 is 1.91 bits per heavy atom. The van der Waals surface area contributed by atoms with Crippen LogP contribution in [0.25, 0.3) is 0 Å². The van der Waals surface area contributed by atoms with Crippen LogP contribution < -0.4 is 5.56 Å². The molecule has 7 heteroatoms. The van der Waals surface area contributed by atoms with E-state index >= 15 is 0 Å². The molecule has 0 saturated carbocycles. The molecule has 0 bridgehead atoms. The third kappa shape index (κ3) is 3.97. The first kappa shape index (κ1) is 16.7. The minimum Gasteiger partial charge on any atom is -0.314 e. The third-order valence-electron chi connectivity index (χ3n) is 4.11. The summed E-state index contributed by atoms with van der Waals surface area (Å²) in [5.74, 6) is -1.50. The smallest absolute Gasteiger partial charge is 0.314 e. The van der Waals surface area contributed by atoms with Crippen LogP contribution in [0, 0.1) is 5.92 Å². The van der Waals surface area contributed by atoms with Gasteiger partial charge in [0.25, 0.3) is 5.56 Å². The van der Waals surface area contributed by atoms with Crippen molar-refractivity contribution in [2.24, 2.45) is 5.92 Å². The van der Waals surface area contributed by atoms with Crippen LogP contribution in [0.5, 0.6) is 0 Å². The van der Waals surface area contributed by atoms with Gasteiger partial charge in [0.2, 0.25) is 0 Å². The Morgan fingerprint density at radius 3 is 2.45 bits per heavy atom. The Labute approximate surface area is 126 Å². The molecule has 2 heterocycles. The molecule has 22 heavy (non-hydrogen) atoms. The second kappa shape index (κ2) is 6.64. The lowest BCUT2D eigenvalue weighted by Gasteiger charge is -2.32. The Morgan fingerprint density at radius 1 is 1.27 bits per heavy atom. The van der Waals surface area contributed by atoms with Gasteiger partial charge >= 0.3 is 6.18 Å². The van der Waals surface area contributed by atoms with Crippen LogP contribution in [-0.2, 0) is 6.54 Å². The Balaban J connectivity index is 1.91. The standard InChI is InChI=1S/C15H19F3N2O2/c1-11(21)13-3-2-6-20(14(13)22)10-9-19-7-4-12(5-8-19)15(16,17)18/h2-3,6,12H,4-5,7-10H2,1H3. The molecule has 0 amide bonds. The van der Waals surface area contributed by atoms with E-state index in [1.165, 1.54) is 17.6 Å². The molecule has 2 rings (SSSR count). The molecule has 1 aromatic rings.